The standard InChI is InChI=1S/C11H20O2.C8H8.C5H8O2.C4H6O2/c1-4-11(12)13-9-7-5-6-8-10(2)3;1-2-8-6-4-3-5-7-8;1-4(2)5(6)7-3;1-3(2)4(5)6/h4,10H,1,5-9H2,2-3H3;2-7H,1H2;1H2,2-3H3;1H2,2H3,(H,5,6). The van der Waals surface area contributed by atoms with Gasteiger partial charge in [0.15, 0.2) is 0 Å². The Morgan fingerprint density at radius 2 is 1.50 bits per heavy atom. The zero-order chi connectivity index (χ0) is 26.9. The molecule has 0 amide bonds. The van der Waals surface area contributed by atoms with E-state index in [2.05, 4.69) is 44.9 Å². The number of hydrogen-bond acceptors (Lipinski definition) is 5. The second kappa shape index (κ2) is 24.2. The molecule has 0 aliphatic rings. The van der Waals surface area contributed by atoms with Crippen LogP contribution in [0.5, 0.6) is 0 Å². The van der Waals surface area contributed by atoms with Crippen LogP contribution in [0.2, 0.25) is 0 Å². The van der Waals surface area contributed by atoms with Gasteiger partial charge in [-0.25, -0.2) is 14.4 Å². The van der Waals surface area contributed by atoms with Crippen LogP contribution in [0, 0.1) is 5.92 Å². The van der Waals surface area contributed by atoms with E-state index in [0.717, 1.165) is 18.8 Å². The Balaban J connectivity index is -0.000000397. The predicted molar refractivity (Wildman–Crippen MR) is 140 cm³/mol. The second-order valence-electron chi connectivity index (χ2n) is 7.59. The highest BCUT2D eigenvalue weighted by Gasteiger charge is 1.97. The Bertz CT molecular complexity index is 735. The number of aliphatic carboxylic acids is 1. The van der Waals surface area contributed by atoms with Gasteiger partial charge in [0.1, 0.15) is 0 Å². The summed E-state index contributed by atoms with van der Waals surface area (Å²) in [7, 11) is 1.33. The fourth-order valence-electron chi connectivity index (χ4n) is 1.83. The molecule has 0 radical (unpaired) electrons. The van der Waals surface area contributed by atoms with Gasteiger partial charge in [-0.05, 0) is 31.7 Å². The van der Waals surface area contributed by atoms with Crippen molar-refractivity contribution in [2.45, 2.75) is 53.4 Å². The molecule has 0 aliphatic heterocycles. The highest BCUT2D eigenvalue weighted by atomic mass is 16.5. The molecule has 34 heavy (non-hydrogen) atoms. The van der Waals surface area contributed by atoms with Crippen molar-refractivity contribution >= 4 is 24.0 Å². The molecule has 0 saturated heterocycles. The average molecular weight is 475 g/mol. The van der Waals surface area contributed by atoms with Crippen molar-refractivity contribution in [2.75, 3.05) is 13.7 Å². The first kappa shape index (κ1) is 35.2. The third-order valence-electron chi connectivity index (χ3n) is 3.77. The van der Waals surface area contributed by atoms with Crippen LogP contribution in [-0.4, -0.2) is 36.7 Å². The highest BCUT2D eigenvalue weighted by molar-refractivity contribution is 5.86. The minimum Gasteiger partial charge on any atom is -0.478 e. The molecular formula is C28H42O6. The van der Waals surface area contributed by atoms with Crippen LogP contribution in [0.15, 0.2) is 73.9 Å². The van der Waals surface area contributed by atoms with Gasteiger partial charge in [-0.3, -0.25) is 0 Å². The molecule has 0 spiro atoms. The Morgan fingerprint density at radius 1 is 0.971 bits per heavy atom. The number of methoxy groups -OCH3 is 1. The summed E-state index contributed by atoms with van der Waals surface area (Å²) in [5, 5.41) is 7.89. The molecule has 6 nitrogen and oxygen atoms in total. The SMILES string of the molecule is C=C(C)C(=O)O.C=C(C)C(=O)OC.C=CC(=O)OCCCCCC(C)C.C=Cc1ccccc1. The number of carbonyl (C=O) groups is 3. The molecule has 6 heteroatoms. The van der Waals surface area contributed by atoms with Gasteiger partial charge < -0.3 is 14.6 Å². The summed E-state index contributed by atoms with van der Waals surface area (Å²) >= 11 is 0. The van der Waals surface area contributed by atoms with E-state index in [4.69, 9.17) is 9.84 Å². The van der Waals surface area contributed by atoms with E-state index in [0.29, 0.717) is 12.2 Å². The highest BCUT2D eigenvalue weighted by Crippen LogP contribution is 2.07. The first-order valence-corrected chi connectivity index (χ1v) is 11.0. The number of carboxylic acid groups (broad SMARTS) is 1. The van der Waals surface area contributed by atoms with Gasteiger partial charge >= 0.3 is 17.9 Å². The van der Waals surface area contributed by atoms with Crippen molar-refractivity contribution in [1.82, 2.24) is 0 Å². The predicted octanol–water partition coefficient (Wildman–Crippen LogP) is 6.64. The van der Waals surface area contributed by atoms with E-state index in [1.807, 2.05) is 36.4 Å². The van der Waals surface area contributed by atoms with Crippen molar-refractivity contribution in [3.63, 3.8) is 0 Å². The van der Waals surface area contributed by atoms with E-state index in [1.165, 1.54) is 38.5 Å². The summed E-state index contributed by atoms with van der Waals surface area (Å²) in [6.07, 6.45) is 7.63. The number of benzene rings is 1. The Labute approximate surface area is 205 Å². The van der Waals surface area contributed by atoms with Crippen LogP contribution in [0.3, 0.4) is 0 Å². The maximum atomic E-state index is 10.6. The largest absolute Gasteiger partial charge is 0.478 e. The molecule has 1 aromatic carbocycles. The Hall–Kier alpha value is -3.41. The van der Waals surface area contributed by atoms with Crippen molar-refractivity contribution in [1.29, 1.82) is 0 Å². The Kier molecular flexibility index (Phi) is 25.1. The quantitative estimate of drug-likeness (QED) is 0.232. The number of esters is 2. The molecule has 0 unspecified atom stereocenters. The first-order chi connectivity index (χ1) is 15.9. The fourth-order valence-corrected chi connectivity index (χ4v) is 1.83. The van der Waals surface area contributed by atoms with E-state index >= 15 is 0 Å². The lowest BCUT2D eigenvalue weighted by Crippen LogP contribution is -2.01. The van der Waals surface area contributed by atoms with E-state index < -0.39 is 5.97 Å². The van der Waals surface area contributed by atoms with Gasteiger partial charge in [-0.1, -0.05) is 95.8 Å². The number of hydrogen-bond donors (Lipinski definition) is 1. The van der Waals surface area contributed by atoms with Gasteiger partial charge in [0, 0.05) is 17.2 Å². The third-order valence-corrected chi connectivity index (χ3v) is 3.77. The topological polar surface area (TPSA) is 89.9 Å². The molecule has 0 atom stereocenters. The smallest absolute Gasteiger partial charge is 0.332 e. The molecule has 0 aliphatic carbocycles. The minimum absolute atomic E-state index is 0.176. The lowest BCUT2D eigenvalue weighted by Gasteiger charge is -2.04. The van der Waals surface area contributed by atoms with E-state index in [9.17, 15) is 14.4 Å². The number of rotatable bonds is 10. The summed E-state index contributed by atoms with van der Waals surface area (Å²) < 4.78 is 9.11. The molecule has 0 fully saturated rings. The zero-order valence-corrected chi connectivity index (χ0v) is 21.5. The van der Waals surface area contributed by atoms with E-state index in [-0.39, 0.29) is 17.5 Å². The van der Waals surface area contributed by atoms with Gasteiger partial charge in [-0.2, -0.15) is 0 Å². The summed E-state index contributed by atoms with van der Waals surface area (Å²) in [6.45, 7) is 21.5. The number of carbonyl (C=O) groups excluding carboxylic acids is 2. The lowest BCUT2D eigenvalue weighted by molar-refractivity contribution is -0.138. The van der Waals surface area contributed by atoms with Gasteiger partial charge in [-0.15, -0.1) is 0 Å². The number of carboxylic acids is 1. The van der Waals surface area contributed by atoms with Crippen molar-refractivity contribution < 1.29 is 29.0 Å². The van der Waals surface area contributed by atoms with Crippen molar-refractivity contribution in [3.8, 4) is 0 Å². The molecule has 0 aromatic heterocycles. The van der Waals surface area contributed by atoms with Gasteiger partial charge in [0.05, 0.1) is 13.7 Å². The Morgan fingerprint density at radius 3 is 1.79 bits per heavy atom. The molecule has 0 heterocycles. The van der Waals surface area contributed by atoms with Crippen LogP contribution in [0.1, 0.15) is 58.9 Å². The van der Waals surface area contributed by atoms with Gasteiger partial charge in [0.25, 0.3) is 0 Å². The molecule has 190 valence electrons. The monoisotopic (exact) mass is 474 g/mol. The second-order valence-corrected chi connectivity index (χ2v) is 7.59. The van der Waals surface area contributed by atoms with E-state index in [1.54, 1.807) is 6.92 Å². The summed E-state index contributed by atoms with van der Waals surface area (Å²) in [5.74, 6) is -0.824. The molecule has 0 bridgehead atoms. The first-order valence-electron chi connectivity index (χ1n) is 11.0. The summed E-state index contributed by atoms with van der Waals surface area (Å²) in [5.41, 5.74) is 1.78. The summed E-state index contributed by atoms with van der Waals surface area (Å²) in [4.78, 5) is 30.4. The molecule has 0 saturated carbocycles. The van der Waals surface area contributed by atoms with Crippen molar-refractivity contribution in [3.05, 3.63) is 79.4 Å². The zero-order valence-electron chi connectivity index (χ0n) is 21.5. The van der Waals surface area contributed by atoms with Crippen molar-refractivity contribution in [2.24, 2.45) is 5.92 Å². The third kappa shape index (κ3) is 28.6. The lowest BCUT2D eigenvalue weighted by atomic mass is 10.1. The van der Waals surface area contributed by atoms with Crippen LogP contribution in [0.4, 0.5) is 0 Å². The fraction of sp³-hybridized carbons (Fsp3) is 0.393. The van der Waals surface area contributed by atoms with Crippen LogP contribution in [-0.2, 0) is 23.9 Å². The average Bonchev–Trinajstić information content (AvgIpc) is 2.81. The molecule has 1 rings (SSSR count). The summed E-state index contributed by atoms with van der Waals surface area (Å²) in [6, 6.07) is 10.0. The number of ether oxygens (including phenoxy) is 2. The van der Waals surface area contributed by atoms with Crippen LogP contribution in [0.25, 0.3) is 6.08 Å². The normalized spacial score (nSPS) is 8.76. The van der Waals surface area contributed by atoms with Crippen LogP contribution < -0.4 is 0 Å². The van der Waals surface area contributed by atoms with Gasteiger partial charge in [0.2, 0.25) is 0 Å². The minimum atomic E-state index is -0.935. The molecule has 1 N–H and O–H groups in total. The molecular weight excluding hydrogens is 432 g/mol. The van der Waals surface area contributed by atoms with Crippen LogP contribution >= 0.6 is 0 Å². The molecule has 1 aromatic rings. The maximum Gasteiger partial charge on any atom is 0.332 e. The maximum absolute atomic E-state index is 10.6. The number of unbranched alkanes of at least 4 members (excludes halogenated alkanes) is 2.